The molecule has 0 aromatic heterocycles. The zero-order valence-corrected chi connectivity index (χ0v) is 60.8. The van der Waals surface area contributed by atoms with E-state index in [0.29, 0.717) is 17.5 Å². The summed E-state index contributed by atoms with van der Waals surface area (Å²) in [5.74, 6) is -15.8. The number of primary amides is 1. The van der Waals surface area contributed by atoms with E-state index in [4.69, 9.17) is 45.9 Å². The molecule has 107 heavy (non-hydrogen) atoms. The number of unbranched alkanes of at least 4 members (excludes halogenated alkanes) is 1. The summed E-state index contributed by atoms with van der Waals surface area (Å²) in [5.41, 5.74) is 46.1. The van der Waals surface area contributed by atoms with E-state index in [1.165, 1.54) is 17.0 Å². The van der Waals surface area contributed by atoms with Gasteiger partial charge in [-0.15, -0.1) is 11.8 Å². The second-order valence-corrected chi connectivity index (χ2v) is 26.9. The van der Waals surface area contributed by atoms with E-state index in [1.54, 1.807) is 56.3 Å². The number of carbonyl (C=O) groups is 14. The number of benzene rings is 2. The third kappa shape index (κ3) is 33.1. The fraction of sp³-hybridized carbons (Fsp3) is 0.552. The van der Waals surface area contributed by atoms with Crippen LogP contribution in [0.4, 0.5) is 0 Å². The van der Waals surface area contributed by atoms with Crippen molar-refractivity contribution in [3.8, 4) is 6.07 Å². The largest absolute Gasteiger partial charge is 0.481 e. The lowest BCUT2D eigenvalue weighted by molar-refractivity contribution is -0.143. The van der Waals surface area contributed by atoms with Crippen LogP contribution in [0.3, 0.4) is 0 Å². The number of hydrogen-bond donors (Lipinski definition) is 20. The molecule has 0 saturated carbocycles. The standard InChI is InChI=1S/C67H102N24O15S/c1-37(2)27-45-59(101)85-43(19-10-24-78-66(73)74)58(100)89-47(29-38-13-4-3-5-14-38)61(103)87-44(20-11-25-79-67(75)76)64(106)91-26-12-21-50(91)63(105)86-42(17-6-7-22-68)57(99)90-48(31-54(95)96)62(104)84-41(18-9-23-77-65(71)72)56(98)81-33-51(92)80-34-52(93)83-49(55(70)97)35-107-36-53(94)82-46(60(102)88-45)30-39-15-8-16-40(28-39)32-69/h3-5,8,13-16,28,37,41-50H,6-7,9-12,17-27,29-31,33-36,68H2,1-2H3,(H2,70,97)(H,80,92)(H,81,98)(H,82,94)(H,83,93)(H,84,104)(H,85,101)(H,86,105)(H,87,103)(H,88,102)(H,89,100)(H,90,99)(H,95,96)(H4,71,72,77)(H4,73,74,78)(H4,75,76,79)/t41-,42-,43-,44-,45-,46-,47-,48-,49-,50-/m0/s1. The Morgan fingerprint density at radius 3 is 1.58 bits per heavy atom. The van der Waals surface area contributed by atoms with Gasteiger partial charge in [0.1, 0.15) is 60.4 Å². The van der Waals surface area contributed by atoms with E-state index in [0.717, 1.165) is 11.8 Å². The Kier molecular flexibility index (Phi) is 38.2. The molecule has 0 radical (unpaired) electrons. The zero-order chi connectivity index (χ0) is 79.1. The minimum Gasteiger partial charge on any atom is -0.481 e. The first-order valence-electron chi connectivity index (χ1n) is 34.9. The van der Waals surface area contributed by atoms with E-state index in [9.17, 15) is 67.9 Å². The van der Waals surface area contributed by atoms with Crippen molar-refractivity contribution in [3.63, 3.8) is 0 Å². The van der Waals surface area contributed by atoms with Crippen LogP contribution in [-0.4, -0.2) is 228 Å². The number of carboxylic acid groups (broad SMARTS) is 1. The molecule has 2 fully saturated rings. The highest BCUT2D eigenvalue weighted by atomic mass is 32.2. The number of fused-ring (bicyclic) bond motifs is 1. The number of nitriles is 1. The molecule has 2 saturated heterocycles. The molecular weight excluding hydrogens is 1410 g/mol. The van der Waals surface area contributed by atoms with Gasteiger partial charge in [-0.2, -0.15) is 5.26 Å². The number of aliphatic carboxylic acids is 1. The smallest absolute Gasteiger partial charge is 0.305 e. The van der Waals surface area contributed by atoms with Gasteiger partial charge in [0.2, 0.25) is 76.8 Å². The van der Waals surface area contributed by atoms with E-state index in [2.05, 4.69) is 73.5 Å². The maximum absolute atomic E-state index is 15.1. The number of nitrogens with zero attached hydrogens (tertiary/aromatic N) is 5. The Labute approximate surface area is 622 Å². The summed E-state index contributed by atoms with van der Waals surface area (Å²) in [4.78, 5) is 210. The van der Waals surface area contributed by atoms with Crippen molar-refractivity contribution >= 4 is 112 Å². The third-order valence-electron chi connectivity index (χ3n) is 16.6. The number of nitrogens with one attached hydrogen (secondary N) is 11. The molecule has 0 aliphatic carbocycles. The topological polar surface area (TPSA) is 664 Å². The molecule has 0 bridgehead atoms. The lowest BCUT2D eigenvalue weighted by atomic mass is 9.99. The summed E-state index contributed by atoms with van der Waals surface area (Å²) in [5, 5.41) is 47.7. The SMILES string of the molecule is CC(C)C[C@@H]1NC(=O)[C@H](Cc2cccc(C#N)c2)NC(=O)CSC[C@@H](C(N)=O)NC(=O)CNC(=O)CNC(=O)[C@H](CCCN=C(N)N)NC(=O)[C@H](CC(=O)O)NC(=O)[C@H](CCCCN)NC(=O)[C@@H]2CCCN2C(=O)[C@H](CCCN=C(N)N)NC(=O)[C@H](Cc2ccccc2)NC(=O)[C@H](CCCN=C(N)N)NC1=O. The summed E-state index contributed by atoms with van der Waals surface area (Å²) < 4.78 is 0. The maximum atomic E-state index is 15.1. The van der Waals surface area contributed by atoms with Gasteiger partial charge in [-0.1, -0.05) is 56.3 Å². The Morgan fingerprint density at radius 2 is 1.02 bits per heavy atom. The normalized spacial score (nSPS) is 22.9. The van der Waals surface area contributed by atoms with Crippen LogP contribution in [0.1, 0.15) is 114 Å². The first-order valence-corrected chi connectivity index (χ1v) is 36.1. The quantitative estimate of drug-likeness (QED) is 0.0250. The number of guanidine groups is 3. The Bertz CT molecular complexity index is 3550. The van der Waals surface area contributed by atoms with E-state index in [-0.39, 0.29) is 151 Å². The van der Waals surface area contributed by atoms with Crippen molar-refractivity contribution in [1.29, 1.82) is 5.26 Å². The van der Waals surface area contributed by atoms with Gasteiger partial charge in [0.25, 0.3) is 0 Å². The fourth-order valence-corrected chi connectivity index (χ4v) is 12.2. The van der Waals surface area contributed by atoms with Gasteiger partial charge in [-0.3, -0.25) is 82.1 Å². The molecule has 40 heteroatoms. The van der Waals surface area contributed by atoms with Crippen LogP contribution in [0.25, 0.3) is 0 Å². The number of amides is 13. The van der Waals surface area contributed by atoms with E-state index in [1.807, 2.05) is 6.07 Å². The summed E-state index contributed by atoms with van der Waals surface area (Å²) in [6, 6.07) is 1.52. The van der Waals surface area contributed by atoms with Crippen molar-refractivity contribution in [3.05, 3.63) is 71.3 Å². The first kappa shape index (κ1) is 88.0. The molecule has 586 valence electrons. The predicted molar refractivity (Wildman–Crippen MR) is 394 cm³/mol. The minimum absolute atomic E-state index is 0.0122. The molecular formula is C67H102N24O15S. The molecule has 2 aliphatic heterocycles. The first-order chi connectivity index (χ1) is 50.9. The molecule has 39 nitrogen and oxygen atoms in total. The van der Waals surface area contributed by atoms with Crippen LogP contribution in [-0.2, 0) is 80.0 Å². The molecule has 0 unspecified atom stereocenters. The number of rotatable bonds is 25. The number of aliphatic imine (C=N–C) groups is 3. The highest BCUT2D eigenvalue weighted by Gasteiger charge is 2.41. The van der Waals surface area contributed by atoms with Crippen molar-refractivity contribution in [2.75, 3.05) is 57.3 Å². The second-order valence-electron chi connectivity index (χ2n) is 25.8. The van der Waals surface area contributed by atoms with Crippen molar-refractivity contribution in [2.45, 2.75) is 171 Å². The van der Waals surface area contributed by atoms with Crippen LogP contribution in [0, 0.1) is 17.2 Å². The summed E-state index contributed by atoms with van der Waals surface area (Å²) >= 11 is 0.804. The van der Waals surface area contributed by atoms with E-state index >= 15 is 9.59 Å². The van der Waals surface area contributed by atoms with Gasteiger partial charge in [-0.05, 0) is 113 Å². The van der Waals surface area contributed by atoms with E-state index < -0.39 is 168 Å². The summed E-state index contributed by atoms with van der Waals surface area (Å²) in [6.07, 6.45) is -1.26. The van der Waals surface area contributed by atoms with Gasteiger partial charge >= 0.3 is 5.97 Å². The number of carbonyl (C=O) groups excluding carboxylic acids is 13. The predicted octanol–water partition coefficient (Wildman–Crippen LogP) is -7.03. The van der Waals surface area contributed by atoms with Crippen LogP contribution in [0.15, 0.2) is 69.6 Å². The highest BCUT2D eigenvalue weighted by Crippen LogP contribution is 2.22. The van der Waals surface area contributed by atoms with Crippen LogP contribution in [0.2, 0.25) is 0 Å². The van der Waals surface area contributed by atoms with Gasteiger partial charge < -0.3 is 114 Å². The highest BCUT2D eigenvalue weighted by molar-refractivity contribution is 8.00. The maximum Gasteiger partial charge on any atom is 0.305 e. The Balaban J connectivity index is 1.86. The number of thioether (sulfide) groups is 1. The third-order valence-corrected chi connectivity index (χ3v) is 17.7. The van der Waals surface area contributed by atoms with Crippen molar-refractivity contribution in [2.24, 2.45) is 66.8 Å². The lowest BCUT2D eigenvalue weighted by Gasteiger charge is -2.31. The average Bonchev–Trinajstić information content (AvgIpc) is 1.78. The minimum atomic E-state index is -1.93. The molecule has 2 aromatic rings. The molecule has 0 spiro atoms. The van der Waals surface area contributed by atoms with Crippen molar-refractivity contribution < 1.29 is 72.2 Å². The average molecular weight is 1520 g/mol. The van der Waals surface area contributed by atoms with Gasteiger partial charge in [0.15, 0.2) is 17.9 Å². The summed E-state index contributed by atoms with van der Waals surface area (Å²) in [6.45, 7) is 1.87. The van der Waals surface area contributed by atoms with Gasteiger partial charge in [0.05, 0.1) is 36.9 Å². The number of carboxylic acids is 1. The van der Waals surface area contributed by atoms with Gasteiger partial charge in [0, 0.05) is 44.8 Å². The second kappa shape index (κ2) is 46.5. The zero-order valence-electron chi connectivity index (χ0n) is 59.9. The molecule has 2 aliphatic rings. The molecule has 4 rings (SSSR count). The Hall–Kier alpha value is -11.4. The number of nitrogens with two attached hydrogens (primary N) is 8. The molecule has 28 N–H and O–H groups in total. The van der Waals surface area contributed by atoms with Crippen LogP contribution < -0.4 is 104 Å². The molecule has 2 aromatic carbocycles. The molecule has 2 heterocycles. The lowest BCUT2D eigenvalue weighted by Crippen LogP contribution is -2.60. The molecule has 10 atom stereocenters. The summed E-state index contributed by atoms with van der Waals surface area (Å²) in [7, 11) is 0. The van der Waals surface area contributed by atoms with Crippen molar-refractivity contribution in [1.82, 2.24) is 63.4 Å². The Morgan fingerprint density at radius 1 is 0.542 bits per heavy atom. The van der Waals surface area contributed by atoms with Crippen LogP contribution >= 0.6 is 11.8 Å². The number of hydrogen-bond acceptors (Lipinski definition) is 20. The van der Waals surface area contributed by atoms with Gasteiger partial charge in [-0.25, -0.2) is 0 Å². The monoisotopic (exact) mass is 1510 g/mol. The fourth-order valence-electron chi connectivity index (χ4n) is 11.3. The van der Waals surface area contributed by atoms with Crippen LogP contribution in [0.5, 0.6) is 0 Å². The molecule has 13 amide bonds.